The topological polar surface area (TPSA) is 0 Å². The largest absolute Gasteiger partial charge is 1.00 e. The summed E-state index contributed by atoms with van der Waals surface area (Å²) in [6, 6.07) is 68.0. The normalized spacial score (nSPS) is 11.2. The van der Waals surface area contributed by atoms with Crippen molar-refractivity contribution in [2.75, 3.05) is 12.3 Å². The van der Waals surface area contributed by atoms with E-state index in [0.29, 0.717) is 0 Å². The molecule has 0 spiro atoms. The summed E-state index contributed by atoms with van der Waals surface area (Å²) in [5.74, 6) is 0. The van der Waals surface area contributed by atoms with Crippen molar-refractivity contribution >= 4 is 46.4 Å². The lowest BCUT2D eigenvalue weighted by atomic mass is 10.2. The molecule has 0 saturated carbocycles. The lowest BCUT2D eigenvalue weighted by Crippen LogP contribution is -3.00. The molecule has 6 rings (SSSR count). The van der Waals surface area contributed by atoms with E-state index >= 15 is 0 Å². The van der Waals surface area contributed by atoms with Gasteiger partial charge >= 0.3 is 0 Å². The second-order valence-electron chi connectivity index (χ2n) is 11.8. The van der Waals surface area contributed by atoms with E-state index in [1.54, 1.807) is 0 Å². The molecule has 0 nitrogen and oxygen atoms in total. The third kappa shape index (κ3) is 8.42. The molecule has 0 heterocycles. The van der Waals surface area contributed by atoms with Crippen LogP contribution in [0.2, 0.25) is 0 Å². The molecule has 0 saturated heterocycles. The molecule has 0 radical (unpaired) electrons. The second kappa shape index (κ2) is 18.6. The molecular weight excluding hydrogens is 738 g/mol. The Bertz CT molecular complexity index is 1380. The van der Waals surface area contributed by atoms with Crippen LogP contribution in [0.4, 0.5) is 0 Å². The van der Waals surface area contributed by atoms with Crippen molar-refractivity contribution in [3.05, 3.63) is 182 Å². The molecule has 47 heavy (non-hydrogen) atoms. The Balaban J connectivity index is 0.00000250. The fraction of sp³-hybridized carbons (Fsp3) is 0.163. The maximum atomic E-state index is 2.37. The van der Waals surface area contributed by atoms with Crippen molar-refractivity contribution in [1.29, 1.82) is 0 Å². The molecule has 0 atom stereocenters. The zero-order valence-electron chi connectivity index (χ0n) is 26.9. The van der Waals surface area contributed by atoms with Gasteiger partial charge in [-0.1, -0.05) is 116 Å². The molecule has 0 aliphatic heterocycles. The number of benzene rings is 6. The molecule has 6 aromatic carbocycles. The van der Waals surface area contributed by atoms with Gasteiger partial charge < -0.3 is 34.0 Å². The summed E-state index contributed by atoms with van der Waals surface area (Å²) in [4.78, 5) is 0. The summed E-state index contributed by atoms with van der Waals surface area (Å²) in [5, 5.41) is 8.95. The van der Waals surface area contributed by atoms with Crippen LogP contribution in [0.5, 0.6) is 0 Å². The molecule has 0 fully saturated rings. The Morgan fingerprint density at radius 1 is 0.234 bits per heavy atom. The van der Waals surface area contributed by atoms with Crippen LogP contribution in [0.3, 0.4) is 0 Å². The number of halogens is 2. The van der Waals surface area contributed by atoms with Gasteiger partial charge in [0.2, 0.25) is 0 Å². The molecule has 0 bridgehead atoms. The SMILES string of the molecule is [Br-].[Br-].c1ccc([P+](CCCCCCC[P+](c2ccccc2)(c2ccccc2)c2ccccc2)(c2ccccc2)c2ccccc2)cc1. The van der Waals surface area contributed by atoms with Crippen LogP contribution in [0, 0.1) is 0 Å². The smallest absolute Gasteiger partial charge is 0.112 e. The number of rotatable bonds is 14. The van der Waals surface area contributed by atoms with Crippen molar-refractivity contribution in [3.63, 3.8) is 0 Å². The number of unbranched alkanes of at least 4 members (excludes halogenated alkanes) is 4. The first-order valence-corrected chi connectivity index (χ1v) is 20.4. The van der Waals surface area contributed by atoms with Crippen molar-refractivity contribution in [3.8, 4) is 0 Å². The molecule has 0 aliphatic carbocycles. The Morgan fingerprint density at radius 2 is 0.404 bits per heavy atom. The fourth-order valence-electron chi connectivity index (χ4n) is 6.99. The molecule has 6 aromatic rings. The van der Waals surface area contributed by atoms with Gasteiger partial charge in [0.15, 0.2) is 0 Å². The summed E-state index contributed by atoms with van der Waals surface area (Å²) in [6.07, 6.45) is 8.70. The zero-order chi connectivity index (χ0) is 30.6. The highest BCUT2D eigenvalue weighted by Gasteiger charge is 2.45. The van der Waals surface area contributed by atoms with Crippen LogP contribution >= 0.6 is 14.5 Å². The Kier molecular flexibility index (Phi) is 14.6. The Hall–Kier alpha value is -2.86. The van der Waals surface area contributed by atoms with Gasteiger partial charge in [0, 0.05) is 0 Å². The number of hydrogen-bond donors (Lipinski definition) is 0. The average Bonchev–Trinajstić information content (AvgIpc) is 3.13. The summed E-state index contributed by atoms with van der Waals surface area (Å²) in [7, 11) is -3.50. The van der Waals surface area contributed by atoms with Crippen LogP contribution in [-0.2, 0) is 0 Å². The maximum absolute atomic E-state index is 2.37. The molecule has 240 valence electrons. The van der Waals surface area contributed by atoms with Gasteiger partial charge in [0.05, 0.1) is 12.3 Å². The lowest BCUT2D eigenvalue weighted by Gasteiger charge is -2.28. The third-order valence-corrected chi connectivity index (χ3v) is 18.2. The second-order valence-corrected chi connectivity index (χ2v) is 19.1. The predicted molar refractivity (Wildman–Crippen MR) is 203 cm³/mol. The maximum Gasteiger partial charge on any atom is 0.112 e. The van der Waals surface area contributed by atoms with Gasteiger partial charge in [-0.05, 0) is 98.5 Å². The van der Waals surface area contributed by atoms with Gasteiger partial charge in [-0.15, -0.1) is 0 Å². The van der Waals surface area contributed by atoms with Crippen LogP contribution < -0.4 is 65.8 Å². The van der Waals surface area contributed by atoms with Gasteiger partial charge in [-0.2, -0.15) is 0 Å². The van der Waals surface area contributed by atoms with Crippen molar-refractivity contribution < 1.29 is 34.0 Å². The molecule has 4 heteroatoms. The summed E-state index contributed by atoms with van der Waals surface area (Å²) < 4.78 is 0. The minimum atomic E-state index is -1.75. The average molecular weight is 783 g/mol. The minimum absolute atomic E-state index is 0. The van der Waals surface area contributed by atoms with Gasteiger partial charge in [0.25, 0.3) is 0 Å². The Morgan fingerprint density at radius 3 is 0.596 bits per heavy atom. The van der Waals surface area contributed by atoms with E-state index in [2.05, 4.69) is 182 Å². The van der Waals surface area contributed by atoms with Gasteiger partial charge in [-0.25, -0.2) is 0 Å². The summed E-state index contributed by atoms with van der Waals surface area (Å²) >= 11 is 0. The highest BCUT2D eigenvalue weighted by atomic mass is 79.9. The first-order chi connectivity index (χ1) is 22.3. The standard InChI is InChI=1S/C43H44P2.2BrH/c1(2-22-36-44(38-24-10-4-11-25-38,39-26-12-5-13-27-39)40-28-14-6-15-29-40)3-23-37-45(41-30-16-7-17-31-41,42-32-18-8-19-33-42)43-34-20-9-21-35-43;;/h4-21,24-35H,1-3,22-23,36-37H2;2*1H/q+2;;/p-2. The van der Waals surface area contributed by atoms with E-state index in [1.807, 2.05) is 0 Å². The van der Waals surface area contributed by atoms with Crippen molar-refractivity contribution in [2.24, 2.45) is 0 Å². The molecule has 0 aliphatic rings. The van der Waals surface area contributed by atoms with Crippen LogP contribution in [0.1, 0.15) is 32.1 Å². The minimum Gasteiger partial charge on any atom is -1.00 e. The molecule has 0 aromatic heterocycles. The highest BCUT2D eigenvalue weighted by molar-refractivity contribution is 7.96. The quantitative estimate of drug-likeness (QED) is 0.118. The highest BCUT2D eigenvalue weighted by Crippen LogP contribution is 2.57. The first kappa shape index (κ1) is 37.0. The predicted octanol–water partition coefficient (Wildman–Crippen LogP) is 2.93. The number of hydrogen-bond acceptors (Lipinski definition) is 0. The zero-order valence-corrected chi connectivity index (χ0v) is 31.9. The molecule has 0 amide bonds. The van der Waals surface area contributed by atoms with E-state index in [1.165, 1.54) is 76.3 Å². The Labute approximate surface area is 304 Å². The van der Waals surface area contributed by atoms with E-state index in [4.69, 9.17) is 0 Å². The summed E-state index contributed by atoms with van der Waals surface area (Å²) in [5.41, 5.74) is 0. The van der Waals surface area contributed by atoms with Crippen LogP contribution in [0.15, 0.2) is 182 Å². The van der Waals surface area contributed by atoms with Crippen molar-refractivity contribution in [2.45, 2.75) is 32.1 Å². The monoisotopic (exact) mass is 780 g/mol. The van der Waals surface area contributed by atoms with Gasteiger partial charge in [-0.3, -0.25) is 0 Å². The summed E-state index contributed by atoms with van der Waals surface area (Å²) in [6.45, 7) is 0. The van der Waals surface area contributed by atoms with Crippen LogP contribution in [0.25, 0.3) is 0 Å². The van der Waals surface area contributed by atoms with E-state index < -0.39 is 14.5 Å². The third-order valence-electron chi connectivity index (χ3n) is 9.17. The van der Waals surface area contributed by atoms with E-state index in [-0.39, 0.29) is 34.0 Å². The lowest BCUT2D eigenvalue weighted by molar-refractivity contribution is -0.00100. The molecule has 0 N–H and O–H groups in total. The molecule has 0 unspecified atom stereocenters. The van der Waals surface area contributed by atoms with Crippen molar-refractivity contribution in [1.82, 2.24) is 0 Å². The fourth-order valence-corrected chi connectivity index (χ4v) is 15.8. The van der Waals surface area contributed by atoms with Crippen LogP contribution in [-0.4, -0.2) is 12.3 Å². The van der Waals surface area contributed by atoms with Gasteiger partial charge in [0.1, 0.15) is 46.4 Å². The van der Waals surface area contributed by atoms with E-state index in [9.17, 15) is 0 Å². The first-order valence-electron chi connectivity index (χ1n) is 16.4. The van der Waals surface area contributed by atoms with E-state index in [0.717, 1.165) is 0 Å². The molecular formula is C43H44Br2P2.